The molecule has 1 N–H and O–H groups in total. The van der Waals surface area contributed by atoms with Crippen LogP contribution in [0.5, 0.6) is 0 Å². The molecule has 0 aliphatic carbocycles. The van der Waals surface area contributed by atoms with E-state index in [9.17, 15) is 0 Å². The highest BCUT2D eigenvalue weighted by atomic mass is 14.9. The lowest BCUT2D eigenvalue weighted by Gasteiger charge is -2.18. The molecule has 0 bridgehead atoms. The first kappa shape index (κ1) is 15.9. The Hall–Kier alpha value is -1.08. The third-order valence-corrected chi connectivity index (χ3v) is 2.85. The smallest absolute Gasteiger partial charge is 0.0279 e. The Balaban J connectivity index is 4.17. The quantitative estimate of drug-likeness (QED) is 0.484. The van der Waals surface area contributed by atoms with Crippen molar-refractivity contribution in [2.24, 2.45) is 0 Å². The molecule has 1 unspecified atom stereocenters. The molecule has 0 saturated heterocycles. The first-order valence-corrected chi connectivity index (χ1v) is 6.49. The van der Waals surface area contributed by atoms with Crippen molar-refractivity contribution >= 4 is 0 Å². The van der Waals surface area contributed by atoms with Gasteiger partial charge < -0.3 is 5.32 Å². The summed E-state index contributed by atoms with van der Waals surface area (Å²) in [5, 5.41) is 3.51. The third-order valence-electron chi connectivity index (χ3n) is 2.85. The number of allylic oxidation sites excluding steroid dienone is 6. The fourth-order valence-electron chi connectivity index (χ4n) is 1.65. The molecule has 0 saturated carbocycles. The summed E-state index contributed by atoms with van der Waals surface area (Å²) in [4.78, 5) is 0. The molecule has 0 amide bonds. The van der Waals surface area contributed by atoms with Gasteiger partial charge in [0.25, 0.3) is 0 Å². The SMILES string of the molecule is C=C(/C=C\C=C/C)CCC(NCC)/C(C)=C/C. The maximum absolute atomic E-state index is 4.08. The van der Waals surface area contributed by atoms with Crippen LogP contribution in [0, 0.1) is 0 Å². The van der Waals surface area contributed by atoms with Gasteiger partial charge in [0.1, 0.15) is 0 Å². The average molecular weight is 233 g/mol. The molecule has 0 aliphatic rings. The summed E-state index contributed by atoms with van der Waals surface area (Å²) in [6.07, 6.45) is 12.5. The minimum atomic E-state index is 0.483. The Bertz CT molecular complexity index is 295. The Morgan fingerprint density at radius 1 is 1.29 bits per heavy atom. The largest absolute Gasteiger partial charge is 0.311 e. The molecule has 96 valence electrons. The molecule has 0 aromatic rings. The van der Waals surface area contributed by atoms with Crippen molar-refractivity contribution in [1.82, 2.24) is 5.32 Å². The van der Waals surface area contributed by atoms with Crippen LogP contribution < -0.4 is 5.32 Å². The van der Waals surface area contributed by atoms with Gasteiger partial charge in [0, 0.05) is 6.04 Å². The molecule has 0 heterocycles. The van der Waals surface area contributed by atoms with Crippen LogP contribution in [0.3, 0.4) is 0 Å². The van der Waals surface area contributed by atoms with Crippen LogP contribution in [0.1, 0.15) is 40.5 Å². The summed E-state index contributed by atoms with van der Waals surface area (Å²) in [5.41, 5.74) is 2.60. The predicted molar refractivity (Wildman–Crippen MR) is 79.2 cm³/mol. The molecule has 0 radical (unpaired) electrons. The Kier molecular flexibility index (Phi) is 9.46. The van der Waals surface area contributed by atoms with Crippen LogP contribution in [0.4, 0.5) is 0 Å². The van der Waals surface area contributed by atoms with Gasteiger partial charge in [-0.25, -0.2) is 0 Å². The van der Waals surface area contributed by atoms with E-state index in [1.54, 1.807) is 0 Å². The summed E-state index contributed by atoms with van der Waals surface area (Å²) in [7, 11) is 0. The van der Waals surface area contributed by atoms with E-state index in [4.69, 9.17) is 0 Å². The van der Waals surface area contributed by atoms with Gasteiger partial charge in [0.2, 0.25) is 0 Å². The summed E-state index contributed by atoms with van der Waals surface area (Å²) >= 11 is 0. The second-order valence-electron chi connectivity index (χ2n) is 4.22. The lowest BCUT2D eigenvalue weighted by molar-refractivity contribution is 0.551. The molecule has 0 fully saturated rings. The Morgan fingerprint density at radius 3 is 2.53 bits per heavy atom. The fraction of sp³-hybridized carbons (Fsp3) is 0.500. The van der Waals surface area contributed by atoms with E-state index in [0.29, 0.717) is 6.04 Å². The third kappa shape index (κ3) is 7.76. The summed E-state index contributed by atoms with van der Waals surface area (Å²) < 4.78 is 0. The molecule has 0 aromatic heterocycles. The highest BCUT2D eigenvalue weighted by Gasteiger charge is 2.08. The molecular formula is C16H27N. The molecule has 0 spiro atoms. The maximum atomic E-state index is 4.08. The summed E-state index contributed by atoms with van der Waals surface area (Å²) in [6, 6.07) is 0.483. The zero-order chi connectivity index (χ0) is 13.1. The van der Waals surface area contributed by atoms with Gasteiger partial charge in [0.05, 0.1) is 0 Å². The Labute approximate surface area is 107 Å². The van der Waals surface area contributed by atoms with E-state index in [2.05, 4.69) is 44.8 Å². The average Bonchev–Trinajstić information content (AvgIpc) is 2.33. The van der Waals surface area contributed by atoms with Crippen molar-refractivity contribution in [2.45, 2.75) is 46.6 Å². The molecule has 1 heteroatoms. The zero-order valence-electron chi connectivity index (χ0n) is 11.8. The molecule has 1 atom stereocenters. The van der Waals surface area contributed by atoms with E-state index >= 15 is 0 Å². The highest BCUT2D eigenvalue weighted by Crippen LogP contribution is 2.13. The number of hydrogen-bond acceptors (Lipinski definition) is 1. The van der Waals surface area contributed by atoms with Crippen LogP contribution in [0.25, 0.3) is 0 Å². The predicted octanol–water partition coefficient (Wildman–Crippen LogP) is 4.40. The van der Waals surface area contributed by atoms with Crippen molar-refractivity contribution in [2.75, 3.05) is 6.54 Å². The first-order valence-electron chi connectivity index (χ1n) is 6.49. The minimum Gasteiger partial charge on any atom is -0.311 e. The van der Waals surface area contributed by atoms with Crippen LogP contribution >= 0.6 is 0 Å². The van der Waals surface area contributed by atoms with Gasteiger partial charge in [-0.1, -0.05) is 55.0 Å². The van der Waals surface area contributed by atoms with E-state index in [1.165, 1.54) is 11.1 Å². The molecule has 1 nitrogen and oxygen atoms in total. The standard InChI is InChI=1S/C16H27N/c1-6-9-10-11-14(4)12-13-16(17-8-3)15(5)7-2/h6-7,9-11,16-17H,4,8,12-13H2,1-3,5H3/b9-6-,11-10-,15-7+. The van der Waals surface area contributed by atoms with Crippen molar-refractivity contribution in [3.8, 4) is 0 Å². The van der Waals surface area contributed by atoms with Crippen molar-refractivity contribution in [3.63, 3.8) is 0 Å². The fourth-order valence-corrected chi connectivity index (χ4v) is 1.65. The van der Waals surface area contributed by atoms with Gasteiger partial charge in [0.15, 0.2) is 0 Å². The van der Waals surface area contributed by atoms with Crippen molar-refractivity contribution in [3.05, 3.63) is 48.1 Å². The van der Waals surface area contributed by atoms with E-state index in [-0.39, 0.29) is 0 Å². The molecule has 0 aromatic carbocycles. The lowest BCUT2D eigenvalue weighted by atomic mass is 10.00. The van der Waals surface area contributed by atoms with Crippen LogP contribution in [0.2, 0.25) is 0 Å². The van der Waals surface area contributed by atoms with Crippen molar-refractivity contribution in [1.29, 1.82) is 0 Å². The van der Waals surface area contributed by atoms with E-state index in [0.717, 1.165) is 19.4 Å². The molecule has 17 heavy (non-hydrogen) atoms. The molecule has 0 aliphatic heterocycles. The molecule has 0 rings (SSSR count). The van der Waals surface area contributed by atoms with Gasteiger partial charge >= 0.3 is 0 Å². The maximum Gasteiger partial charge on any atom is 0.0279 e. The number of likely N-dealkylation sites (N-methyl/N-ethyl adjacent to an activating group) is 1. The lowest BCUT2D eigenvalue weighted by Crippen LogP contribution is -2.29. The van der Waals surface area contributed by atoms with Gasteiger partial charge in [-0.3, -0.25) is 0 Å². The number of hydrogen-bond donors (Lipinski definition) is 1. The highest BCUT2D eigenvalue weighted by molar-refractivity contribution is 5.19. The van der Waals surface area contributed by atoms with E-state index < -0.39 is 0 Å². The van der Waals surface area contributed by atoms with Crippen LogP contribution in [0.15, 0.2) is 48.1 Å². The second-order valence-corrected chi connectivity index (χ2v) is 4.22. The van der Waals surface area contributed by atoms with Crippen LogP contribution in [-0.4, -0.2) is 12.6 Å². The minimum absolute atomic E-state index is 0.483. The summed E-state index contributed by atoms with van der Waals surface area (Å²) in [6.45, 7) is 13.5. The number of nitrogens with one attached hydrogen (secondary N) is 1. The van der Waals surface area contributed by atoms with Gasteiger partial charge in [-0.15, -0.1) is 0 Å². The van der Waals surface area contributed by atoms with Gasteiger partial charge in [-0.05, 0) is 40.2 Å². The second kappa shape index (κ2) is 10.1. The normalized spacial score (nSPS) is 14.7. The van der Waals surface area contributed by atoms with Crippen molar-refractivity contribution < 1.29 is 0 Å². The van der Waals surface area contributed by atoms with Gasteiger partial charge in [-0.2, -0.15) is 0 Å². The number of rotatable bonds is 8. The monoisotopic (exact) mass is 233 g/mol. The Morgan fingerprint density at radius 2 is 2.00 bits per heavy atom. The first-order chi connectivity index (χ1) is 8.15. The van der Waals surface area contributed by atoms with Crippen LogP contribution in [-0.2, 0) is 0 Å². The topological polar surface area (TPSA) is 12.0 Å². The van der Waals surface area contributed by atoms with E-state index in [1.807, 2.05) is 25.2 Å². The molecular weight excluding hydrogens is 206 g/mol. The summed E-state index contributed by atoms with van der Waals surface area (Å²) in [5.74, 6) is 0. The zero-order valence-corrected chi connectivity index (χ0v) is 11.8.